The average Bonchev–Trinajstić information content (AvgIpc) is 2.72. The lowest BCUT2D eigenvalue weighted by atomic mass is 10.1. The van der Waals surface area contributed by atoms with Crippen LogP contribution in [0.5, 0.6) is 0 Å². The van der Waals surface area contributed by atoms with Gasteiger partial charge in [0.2, 0.25) is 5.91 Å². The molecule has 4 heteroatoms. The molecule has 0 spiro atoms. The van der Waals surface area contributed by atoms with E-state index in [9.17, 15) is 4.79 Å². The average molecular weight is 214 g/mol. The van der Waals surface area contributed by atoms with Gasteiger partial charge in [-0.2, -0.15) is 11.8 Å². The lowest BCUT2D eigenvalue weighted by molar-refractivity contribution is -0.125. The standard InChI is InChI=1S/C10H18N2OS/c13-10(8-1-4-11-7-8)12-9-2-5-14-6-3-9/h8-9,11H,1-7H2,(H,12,13). The number of amides is 1. The second-order valence-electron chi connectivity index (χ2n) is 4.08. The van der Waals surface area contributed by atoms with E-state index in [0.29, 0.717) is 6.04 Å². The predicted molar refractivity (Wildman–Crippen MR) is 59.5 cm³/mol. The van der Waals surface area contributed by atoms with E-state index >= 15 is 0 Å². The molecule has 80 valence electrons. The van der Waals surface area contributed by atoms with Crippen molar-refractivity contribution in [1.29, 1.82) is 0 Å². The molecule has 0 aromatic carbocycles. The molecule has 2 fully saturated rings. The molecule has 1 amide bonds. The van der Waals surface area contributed by atoms with Gasteiger partial charge in [0.25, 0.3) is 0 Å². The fourth-order valence-electron chi connectivity index (χ4n) is 2.04. The van der Waals surface area contributed by atoms with Crippen LogP contribution in [0.15, 0.2) is 0 Å². The number of hydrogen-bond acceptors (Lipinski definition) is 3. The van der Waals surface area contributed by atoms with E-state index < -0.39 is 0 Å². The summed E-state index contributed by atoms with van der Waals surface area (Å²) in [4.78, 5) is 11.8. The quantitative estimate of drug-likeness (QED) is 0.707. The first kappa shape index (κ1) is 10.3. The van der Waals surface area contributed by atoms with Gasteiger partial charge in [-0.1, -0.05) is 0 Å². The number of thioether (sulfide) groups is 1. The van der Waals surface area contributed by atoms with Crippen molar-refractivity contribution in [1.82, 2.24) is 10.6 Å². The highest BCUT2D eigenvalue weighted by atomic mass is 32.2. The Morgan fingerprint density at radius 2 is 2.07 bits per heavy atom. The topological polar surface area (TPSA) is 41.1 Å². The van der Waals surface area contributed by atoms with Gasteiger partial charge in [-0.05, 0) is 37.3 Å². The predicted octanol–water partition coefficient (Wildman–Crippen LogP) is 0.608. The maximum Gasteiger partial charge on any atom is 0.224 e. The number of nitrogens with one attached hydrogen (secondary N) is 2. The van der Waals surface area contributed by atoms with Crippen LogP contribution in [0, 0.1) is 5.92 Å². The van der Waals surface area contributed by atoms with Crippen LogP contribution in [-0.2, 0) is 4.79 Å². The summed E-state index contributed by atoms with van der Waals surface area (Å²) in [6.07, 6.45) is 3.31. The van der Waals surface area contributed by atoms with Crippen LogP contribution in [-0.4, -0.2) is 36.5 Å². The molecule has 2 saturated heterocycles. The monoisotopic (exact) mass is 214 g/mol. The van der Waals surface area contributed by atoms with Crippen LogP contribution < -0.4 is 10.6 Å². The summed E-state index contributed by atoms with van der Waals surface area (Å²) in [7, 11) is 0. The van der Waals surface area contributed by atoms with Gasteiger partial charge in [-0.3, -0.25) is 4.79 Å². The molecule has 0 aliphatic carbocycles. The van der Waals surface area contributed by atoms with Gasteiger partial charge in [0.15, 0.2) is 0 Å². The zero-order chi connectivity index (χ0) is 9.80. The highest BCUT2D eigenvalue weighted by molar-refractivity contribution is 7.99. The first-order valence-electron chi connectivity index (χ1n) is 5.45. The maximum absolute atomic E-state index is 11.8. The summed E-state index contributed by atoms with van der Waals surface area (Å²) in [5, 5.41) is 6.39. The number of hydrogen-bond donors (Lipinski definition) is 2. The van der Waals surface area contributed by atoms with E-state index in [1.54, 1.807) is 0 Å². The molecule has 2 N–H and O–H groups in total. The van der Waals surface area contributed by atoms with E-state index in [-0.39, 0.29) is 11.8 Å². The highest BCUT2D eigenvalue weighted by Crippen LogP contribution is 2.18. The van der Waals surface area contributed by atoms with Crippen LogP contribution in [0.4, 0.5) is 0 Å². The van der Waals surface area contributed by atoms with Crippen molar-refractivity contribution in [2.75, 3.05) is 24.6 Å². The summed E-state index contributed by atoms with van der Waals surface area (Å²) in [6.45, 7) is 1.87. The summed E-state index contributed by atoms with van der Waals surface area (Å²) >= 11 is 1.99. The van der Waals surface area contributed by atoms with Crippen molar-refractivity contribution in [2.24, 2.45) is 5.92 Å². The van der Waals surface area contributed by atoms with Crippen molar-refractivity contribution in [3.8, 4) is 0 Å². The molecule has 0 saturated carbocycles. The second kappa shape index (κ2) is 5.03. The molecule has 2 aliphatic heterocycles. The highest BCUT2D eigenvalue weighted by Gasteiger charge is 2.24. The molecule has 14 heavy (non-hydrogen) atoms. The van der Waals surface area contributed by atoms with E-state index in [0.717, 1.165) is 32.4 Å². The molecule has 2 heterocycles. The van der Waals surface area contributed by atoms with Gasteiger partial charge >= 0.3 is 0 Å². The van der Waals surface area contributed by atoms with E-state index in [2.05, 4.69) is 10.6 Å². The Morgan fingerprint density at radius 1 is 1.29 bits per heavy atom. The molecular weight excluding hydrogens is 196 g/mol. The van der Waals surface area contributed by atoms with Crippen LogP contribution in [0.3, 0.4) is 0 Å². The Kier molecular flexibility index (Phi) is 3.70. The molecule has 0 aromatic rings. The zero-order valence-corrected chi connectivity index (χ0v) is 9.24. The Hall–Kier alpha value is -0.220. The first-order valence-corrected chi connectivity index (χ1v) is 6.60. The normalized spacial score (nSPS) is 29.0. The third-order valence-electron chi connectivity index (χ3n) is 3.00. The molecule has 2 rings (SSSR count). The van der Waals surface area contributed by atoms with Crippen molar-refractivity contribution in [2.45, 2.75) is 25.3 Å². The minimum atomic E-state index is 0.226. The summed E-state index contributed by atoms with van der Waals surface area (Å²) in [5.74, 6) is 2.90. The van der Waals surface area contributed by atoms with Crippen molar-refractivity contribution < 1.29 is 4.79 Å². The fourth-order valence-corrected chi connectivity index (χ4v) is 3.15. The van der Waals surface area contributed by atoms with Gasteiger partial charge in [0.05, 0.1) is 5.92 Å². The lowest BCUT2D eigenvalue weighted by Gasteiger charge is -2.23. The Balaban J connectivity index is 1.75. The molecular formula is C10H18N2OS. The van der Waals surface area contributed by atoms with Crippen molar-refractivity contribution >= 4 is 17.7 Å². The van der Waals surface area contributed by atoms with Gasteiger partial charge in [0, 0.05) is 12.6 Å². The lowest BCUT2D eigenvalue weighted by Crippen LogP contribution is -2.41. The summed E-state index contributed by atoms with van der Waals surface area (Å²) in [6, 6.07) is 0.448. The smallest absolute Gasteiger partial charge is 0.224 e. The van der Waals surface area contributed by atoms with Gasteiger partial charge in [0.1, 0.15) is 0 Å². The van der Waals surface area contributed by atoms with Gasteiger partial charge in [-0.15, -0.1) is 0 Å². The fraction of sp³-hybridized carbons (Fsp3) is 0.900. The Morgan fingerprint density at radius 3 is 2.71 bits per heavy atom. The minimum absolute atomic E-state index is 0.226. The zero-order valence-electron chi connectivity index (χ0n) is 8.42. The van der Waals surface area contributed by atoms with Gasteiger partial charge in [-0.25, -0.2) is 0 Å². The molecule has 0 bridgehead atoms. The first-order chi connectivity index (χ1) is 6.86. The Bertz CT molecular complexity index is 198. The van der Waals surface area contributed by atoms with Crippen LogP contribution >= 0.6 is 11.8 Å². The Labute approximate surface area is 89.4 Å². The minimum Gasteiger partial charge on any atom is -0.353 e. The molecule has 0 radical (unpaired) electrons. The van der Waals surface area contributed by atoms with Crippen LogP contribution in [0.25, 0.3) is 0 Å². The third kappa shape index (κ3) is 2.64. The summed E-state index contributed by atoms with van der Waals surface area (Å²) < 4.78 is 0. The SMILES string of the molecule is O=C(NC1CCSCC1)C1CCNC1. The summed E-state index contributed by atoms with van der Waals surface area (Å²) in [5.41, 5.74) is 0. The number of carbonyl (C=O) groups excluding carboxylic acids is 1. The van der Waals surface area contributed by atoms with Gasteiger partial charge < -0.3 is 10.6 Å². The molecule has 1 atom stereocenters. The van der Waals surface area contributed by atoms with E-state index in [4.69, 9.17) is 0 Å². The van der Waals surface area contributed by atoms with Crippen LogP contribution in [0.2, 0.25) is 0 Å². The largest absolute Gasteiger partial charge is 0.353 e. The van der Waals surface area contributed by atoms with Crippen LogP contribution in [0.1, 0.15) is 19.3 Å². The second-order valence-corrected chi connectivity index (χ2v) is 5.31. The third-order valence-corrected chi connectivity index (χ3v) is 4.05. The van der Waals surface area contributed by atoms with E-state index in [1.165, 1.54) is 11.5 Å². The maximum atomic E-state index is 11.8. The molecule has 1 unspecified atom stereocenters. The molecule has 0 aromatic heterocycles. The van der Waals surface area contributed by atoms with E-state index in [1.807, 2.05) is 11.8 Å². The molecule has 2 aliphatic rings. The van der Waals surface area contributed by atoms with Crippen molar-refractivity contribution in [3.63, 3.8) is 0 Å². The molecule has 3 nitrogen and oxygen atoms in total. The van der Waals surface area contributed by atoms with Crippen molar-refractivity contribution in [3.05, 3.63) is 0 Å². The number of carbonyl (C=O) groups is 1. The number of rotatable bonds is 2.